The van der Waals surface area contributed by atoms with Crippen LogP contribution in [0.5, 0.6) is 0 Å². The lowest BCUT2D eigenvalue weighted by Crippen LogP contribution is -2.40. The van der Waals surface area contributed by atoms with Crippen LogP contribution in [0, 0.1) is 5.92 Å². The molecular formula is C21H25F5N4O3. The van der Waals surface area contributed by atoms with Gasteiger partial charge in [-0.15, -0.1) is 0 Å². The van der Waals surface area contributed by atoms with Gasteiger partial charge >= 0.3 is 12.2 Å². The van der Waals surface area contributed by atoms with E-state index in [2.05, 4.69) is 4.98 Å². The number of alkyl halides is 5. The van der Waals surface area contributed by atoms with Gasteiger partial charge in [-0.25, -0.2) is 18.6 Å². The van der Waals surface area contributed by atoms with Gasteiger partial charge in [0.15, 0.2) is 5.58 Å². The van der Waals surface area contributed by atoms with E-state index in [0.29, 0.717) is 16.7 Å². The number of amides is 2. The molecule has 1 aliphatic carbocycles. The van der Waals surface area contributed by atoms with E-state index < -0.39 is 42.8 Å². The number of nitrogens with two attached hydrogens (primary N) is 1. The molecule has 2 amide bonds. The van der Waals surface area contributed by atoms with Gasteiger partial charge in [-0.3, -0.25) is 0 Å². The molecule has 182 valence electrons. The Balaban J connectivity index is 1.56. The van der Waals surface area contributed by atoms with Crippen molar-refractivity contribution in [2.75, 3.05) is 20.3 Å². The van der Waals surface area contributed by atoms with Crippen LogP contribution in [-0.4, -0.2) is 54.3 Å². The second-order valence-electron chi connectivity index (χ2n) is 8.67. The summed E-state index contributed by atoms with van der Waals surface area (Å²) in [4.78, 5) is 17.7. The molecule has 1 aromatic heterocycles. The van der Waals surface area contributed by atoms with Crippen LogP contribution in [-0.2, 0) is 4.74 Å². The second-order valence-corrected chi connectivity index (χ2v) is 8.67. The Morgan fingerprint density at radius 2 is 2.03 bits per heavy atom. The Bertz CT molecular complexity index is 1000. The molecule has 1 aliphatic heterocycles. The first kappa shape index (κ1) is 23.7. The van der Waals surface area contributed by atoms with E-state index in [9.17, 15) is 26.7 Å². The first-order chi connectivity index (χ1) is 15.5. The standard InChI is InChI=1S/C21H25F5N4O3/c1-32-10-14(30-9-16(21(24,25)26)29-19(30)31)12-2-3-15-13(8-12)28-18(33-15)17(27)11-4-6-20(22,23)7-5-11/h2-3,8,11,14,16-17H,4-7,9-10,27H2,1H3,(H,29,31)/t14-,16-,17-/m0/s1. The number of oxazole rings is 1. The van der Waals surface area contributed by atoms with E-state index >= 15 is 0 Å². The first-order valence-electron chi connectivity index (χ1n) is 10.6. The Morgan fingerprint density at radius 3 is 2.64 bits per heavy atom. The summed E-state index contributed by atoms with van der Waals surface area (Å²) >= 11 is 0. The number of carbonyl (C=O) groups is 1. The zero-order chi connectivity index (χ0) is 24.0. The summed E-state index contributed by atoms with van der Waals surface area (Å²) in [5.74, 6) is -2.64. The molecule has 0 bridgehead atoms. The Labute approximate surface area is 186 Å². The number of rotatable bonds is 6. The number of nitrogens with zero attached hydrogens (tertiary/aromatic N) is 2. The number of urea groups is 1. The Morgan fingerprint density at radius 1 is 1.33 bits per heavy atom. The lowest BCUT2D eigenvalue weighted by molar-refractivity contribution is -0.150. The molecule has 2 fully saturated rings. The predicted octanol–water partition coefficient (Wildman–Crippen LogP) is 4.30. The van der Waals surface area contributed by atoms with E-state index in [1.807, 2.05) is 5.32 Å². The molecule has 4 rings (SSSR count). The molecule has 7 nitrogen and oxygen atoms in total. The lowest BCUT2D eigenvalue weighted by atomic mass is 9.82. The van der Waals surface area contributed by atoms with Crippen LogP contribution >= 0.6 is 0 Å². The van der Waals surface area contributed by atoms with Crippen LogP contribution in [0.15, 0.2) is 22.6 Å². The highest BCUT2D eigenvalue weighted by atomic mass is 19.4. The number of aromatic nitrogens is 1. The van der Waals surface area contributed by atoms with E-state index in [1.165, 1.54) is 7.11 Å². The highest BCUT2D eigenvalue weighted by Gasteiger charge is 2.48. The molecule has 12 heteroatoms. The van der Waals surface area contributed by atoms with Gasteiger partial charge in [0.05, 0.1) is 25.2 Å². The fraction of sp³-hybridized carbons (Fsp3) is 0.619. The summed E-state index contributed by atoms with van der Waals surface area (Å²) in [5.41, 5.74) is 7.59. The zero-order valence-electron chi connectivity index (χ0n) is 17.9. The van der Waals surface area contributed by atoms with Gasteiger partial charge in [-0.2, -0.15) is 13.2 Å². The van der Waals surface area contributed by atoms with Crippen LogP contribution in [0.25, 0.3) is 11.1 Å². The first-order valence-corrected chi connectivity index (χ1v) is 10.6. The van der Waals surface area contributed by atoms with Gasteiger partial charge in [0, 0.05) is 20.0 Å². The van der Waals surface area contributed by atoms with Crippen molar-refractivity contribution in [3.05, 3.63) is 29.7 Å². The molecule has 2 aromatic rings. The average Bonchev–Trinajstić information content (AvgIpc) is 3.34. The van der Waals surface area contributed by atoms with Crippen molar-refractivity contribution in [2.45, 2.75) is 55.9 Å². The molecule has 3 atom stereocenters. The number of hydrogen-bond acceptors (Lipinski definition) is 5. The predicted molar refractivity (Wildman–Crippen MR) is 108 cm³/mol. The summed E-state index contributed by atoms with van der Waals surface area (Å²) < 4.78 is 77.1. The molecule has 0 radical (unpaired) electrons. The summed E-state index contributed by atoms with van der Waals surface area (Å²) in [7, 11) is 1.39. The van der Waals surface area contributed by atoms with E-state index in [-0.39, 0.29) is 44.1 Å². The van der Waals surface area contributed by atoms with Crippen molar-refractivity contribution in [2.24, 2.45) is 11.7 Å². The fourth-order valence-electron chi connectivity index (χ4n) is 4.47. The summed E-state index contributed by atoms with van der Waals surface area (Å²) in [5, 5.41) is 1.95. The smallest absolute Gasteiger partial charge is 0.410 e. The third kappa shape index (κ3) is 4.91. The van der Waals surface area contributed by atoms with Gasteiger partial charge in [-0.05, 0) is 36.5 Å². The lowest BCUT2D eigenvalue weighted by Gasteiger charge is -2.30. The maximum atomic E-state index is 13.5. The third-order valence-corrected chi connectivity index (χ3v) is 6.40. The molecule has 1 saturated carbocycles. The van der Waals surface area contributed by atoms with Crippen LogP contribution in [0.1, 0.15) is 49.2 Å². The number of benzene rings is 1. The maximum Gasteiger partial charge on any atom is 0.410 e. The van der Waals surface area contributed by atoms with Crippen molar-refractivity contribution in [3.63, 3.8) is 0 Å². The highest BCUT2D eigenvalue weighted by molar-refractivity contribution is 5.78. The zero-order valence-corrected chi connectivity index (χ0v) is 17.9. The number of methoxy groups -OCH3 is 1. The summed E-state index contributed by atoms with van der Waals surface area (Å²) in [6.07, 6.45) is -4.50. The van der Waals surface area contributed by atoms with Crippen molar-refractivity contribution < 1.29 is 35.9 Å². The third-order valence-electron chi connectivity index (χ3n) is 6.40. The van der Waals surface area contributed by atoms with Gasteiger partial charge < -0.3 is 25.1 Å². The van der Waals surface area contributed by atoms with Gasteiger partial charge in [0.1, 0.15) is 11.6 Å². The van der Waals surface area contributed by atoms with Gasteiger partial charge in [0.2, 0.25) is 11.8 Å². The second kappa shape index (κ2) is 8.71. The molecule has 2 heterocycles. The monoisotopic (exact) mass is 476 g/mol. The summed E-state index contributed by atoms with van der Waals surface area (Å²) in [6, 6.07) is 0.610. The minimum absolute atomic E-state index is 0.0238. The maximum absolute atomic E-state index is 13.5. The molecule has 0 unspecified atom stereocenters. The molecule has 1 aromatic carbocycles. The number of carbonyl (C=O) groups excluding carboxylic acids is 1. The van der Waals surface area contributed by atoms with Crippen molar-refractivity contribution in [1.82, 2.24) is 15.2 Å². The molecule has 1 saturated heterocycles. The van der Waals surface area contributed by atoms with Gasteiger partial charge in [0.25, 0.3) is 0 Å². The minimum atomic E-state index is -4.56. The normalized spacial score (nSPS) is 23.7. The molecule has 0 spiro atoms. The number of ether oxygens (including phenoxy) is 1. The number of nitrogens with one attached hydrogen (secondary N) is 1. The van der Waals surface area contributed by atoms with Crippen molar-refractivity contribution in [3.8, 4) is 0 Å². The van der Waals surface area contributed by atoms with Crippen molar-refractivity contribution in [1.29, 1.82) is 0 Å². The molecule has 33 heavy (non-hydrogen) atoms. The average molecular weight is 476 g/mol. The van der Waals surface area contributed by atoms with Crippen molar-refractivity contribution >= 4 is 17.1 Å². The molecule has 2 aliphatic rings. The Hall–Kier alpha value is -2.47. The van der Waals surface area contributed by atoms with Crippen LogP contribution in [0.2, 0.25) is 0 Å². The van der Waals surface area contributed by atoms with E-state index in [0.717, 1.165) is 4.90 Å². The molecular weight excluding hydrogens is 451 g/mol. The number of hydrogen-bond donors (Lipinski definition) is 2. The number of halogens is 5. The Kier molecular flexibility index (Phi) is 6.25. The summed E-state index contributed by atoms with van der Waals surface area (Å²) in [6.45, 7) is -0.570. The van der Waals surface area contributed by atoms with Crippen LogP contribution in [0.3, 0.4) is 0 Å². The number of fused-ring (bicyclic) bond motifs is 1. The molecule has 3 N–H and O–H groups in total. The minimum Gasteiger partial charge on any atom is -0.439 e. The van der Waals surface area contributed by atoms with E-state index in [1.54, 1.807) is 18.2 Å². The van der Waals surface area contributed by atoms with Crippen LogP contribution < -0.4 is 11.1 Å². The SMILES string of the molecule is COC[C@@H](c1ccc2oc([C@@H](N)C3CCC(F)(F)CC3)nc2c1)N1C[C@@H](C(F)(F)F)NC1=O. The topological polar surface area (TPSA) is 93.6 Å². The van der Waals surface area contributed by atoms with Gasteiger partial charge in [-0.1, -0.05) is 6.07 Å². The fourth-order valence-corrected chi connectivity index (χ4v) is 4.47. The highest BCUT2D eigenvalue weighted by Crippen LogP contribution is 2.41. The van der Waals surface area contributed by atoms with Crippen LogP contribution in [0.4, 0.5) is 26.7 Å². The van der Waals surface area contributed by atoms with E-state index in [4.69, 9.17) is 14.9 Å². The largest absolute Gasteiger partial charge is 0.439 e. The quantitative estimate of drug-likeness (QED) is 0.607.